The first-order valence-electron chi connectivity index (χ1n) is 2.95. The lowest BCUT2D eigenvalue weighted by Gasteiger charge is -1.98. The van der Waals surface area contributed by atoms with Crippen LogP contribution in [0.2, 0.25) is 0 Å². The molecule has 3 nitrogen and oxygen atoms in total. The summed E-state index contributed by atoms with van der Waals surface area (Å²) in [5.41, 5.74) is -0.610. The van der Waals surface area contributed by atoms with Gasteiger partial charge in [0.05, 0.1) is 0 Å². The van der Waals surface area contributed by atoms with Crippen LogP contribution in [0.15, 0.2) is 15.4 Å². The summed E-state index contributed by atoms with van der Waals surface area (Å²) in [5, 5.41) is 0. The van der Waals surface area contributed by atoms with Gasteiger partial charge in [-0.25, -0.2) is 0 Å². The maximum Gasteiger partial charge on any atom is 0.284 e. The van der Waals surface area contributed by atoms with Crippen LogP contribution in [0.4, 0.5) is 0 Å². The molecule has 0 fully saturated rings. The van der Waals surface area contributed by atoms with Gasteiger partial charge in [-0.05, 0) is 13.8 Å². The molecule has 0 spiro atoms. The van der Waals surface area contributed by atoms with Gasteiger partial charge in [-0.1, -0.05) is 11.6 Å². The van der Waals surface area contributed by atoms with Crippen molar-refractivity contribution in [1.29, 1.82) is 0 Å². The number of alkyl halides is 1. The summed E-state index contributed by atoms with van der Waals surface area (Å²) in [6.45, 7) is 3.38. The number of hydrogen-bond donors (Lipinski definition) is 0. The number of aromatic nitrogens is 1. The molecule has 1 aromatic heterocycles. The lowest BCUT2D eigenvalue weighted by atomic mass is 10.5. The van der Waals surface area contributed by atoms with Gasteiger partial charge in [0.15, 0.2) is 0 Å². The van der Waals surface area contributed by atoms with Crippen LogP contribution in [0.25, 0.3) is 0 Å². The molecule has 0 N–H and O–H groups in total. The maximum absolute atomic E-state index is 10.9. The second kappa shape index (κ2) is 2.50. The molecular formula is C6H8ClNO2. The Morgan fingerprint density at radius 2 is 2.40 bits per heavy atom. The normalized spacial score (nSPS) is 13.5. The second-order valence-electron chi connectivity index (χ2n) is 2.08. The quantitative estimate of drug-likeness (QED) is 0.586. The number of hydrogen-bond acceptors (Lipinski definition) is 2. The summed E-state index contributed by atoms with van der Waals surface area (Å²) >= 11 is 5.59. The number of rotatable bonds is 1. The Labute approximate surface area is 63.2 Å². The Bertz CT molecular complexity index is 274. The second-order valence-corrected chi connectivity index (χ2v) is 2.72. The van der Waals surface area contributed by atoms with Crippen molar-refractivity contribution < 1.29 is 4.52 Å². The predicted octanol–water partition coefficient (Wildman–Crippen LogP) is 1.51. The molecule has 56 valence electrons. The topological polar surface area (TPSA) is 35.1 Å². The highest BCUT2D eigenvalue weighted by Crippen LogP contribution is 2.07. The van der Waals surface area contributed by atoms with Crippen LogP contribution >= 0.6 is 11.6 Å². The Morgan fingerprint density at radius 3 is 2.60 bits per heavy atom. The van der Waals surface area contributed by atoms with E-state index in [-0.39, 0.29) is 5.56 Å². The molecular weight excluding hydrogens is 154 g/mol. The van der Waals surface area contributed by atoms with Crippen molar-refractivity contribution in [3.8, 4) is 0 Å². The van der Waals surface area contributed by atoms with Crippen LogP contribution in [0.5, 0.6) is 0 Å². The molecule has 0 aromatic carbocycles. The molecule has 1 unspecified atom stereocenters. The molecule has 0 aliphatic heterocycles. The molecule has 1 rings (SSSR count). The van der Waals surface area contributed by atoms with E-state index in [2.05, 4.69) is 0 Å². The van der Waals surface area contributed by atoms with Gasteiger partial charge in [-0.2, -0.15) is 4.74 Å². The van der Waals surface area contributed by atoms with Gasteiger partial charge >= 0.3 is 0 Å². The molecule has 1 heterocycles. The molecule has 0 saturated heterocycles. The van der Waals surface area contributed by atoms with Crippen molar-refractivity contribution in [2.75, 3.05) is 0 Å². The zero-order valence-electron chi connectivity index (χ0n) is 5.80. The van der Waals surface area contributed by atoms with E-state index >= 15 is 0 Å². The average Bonchev–Trinajstić information content (AvgIpc) is 2.10. The summed E-state index contributed by atoms with van der Waals surface area (Å²) in [6.07, 6.45) is 0. The van der Waals surface area contributed by atoms with Crippen molar-refractivity contribution in [2.24, 2.45) is 0 Å². The molecule has 0 aliphatic carbocycles. The van der Waals surface area contributed by atoms with Crippen molar-refractivity contribution in [3.63, 3.8) is 0 Å². The van der Waals surface area contributed by atoms with E-state index in [1.807, 2.05) is 0 Å². The molecule has 0 aliphatic rings. The first kappa shape index (κ1) is 7.41. The van der Waals surface area contributed by atoms with E-state index in [0.29, 0.717) is 5.76 Å². The Hall–Kier alpha value is -0.700. The van der Waals surface area contributed by atoms with Gasteiger partial charge in [0, 0.05) is 6.07 Å². The largest absolute Gasteiger partial charge is 0.380 e. The minimum absolute atomic E-state index is 0.194. The van der Waals surface area contributed by atoms with E-state index in [0.717, 1.165) is 4.74 Å². The Kier molecular flexibility index (Phi) is 1.85. The standard InChI is InChI=1S/C6H8ClNO2/c1-4-3-6(9)8(10-4)5(2)7/h3,5H,1-2H3. The molecule has 1 atom stereocenters. The summed E-state index contributed by atoms with van der Waals surface area (Å²) in [7, 11) is 0. The number of aryl methyl sites for hydroxylation is 1. The van der Waals surface area contributed by atoms with Crippen molar-refractivity contribution in [3.05, 3.63) is 22.2 Å². The van der Waals surface area contributed by atoms with E-state index in [1.165, 1.54) is 6.07 Å². The zero-order valence-corrected chi connectivity index (χ0v) is 6.55. The highest BCUT2D eigenvalue weighted by atomic mass is 35.5. The molecule has 0 saturated carbocycles. The number of halogens is 1. The average molecular weight is 162 g/mol. The Morgan fingerprint density at radius 1 is 1.80 bits per heavy atom. The van der Waals surface area contributed by atoms with Gasteiger partial charge in [-0.15, -0.1) is 0 Å². The summed E-state index contributed by atoms with van der Waals surface area (Å²) in [4.78, 5) is 10.9. The van der Waals surface area contributed by atoms with Crippen molar-refractivity contribution >= 4 is 11.6 Å². The van der Waals surface area contributed by atoms with Crippen LogP contribution in [-0.4, -0.2) is 4.74 Å². The minimum atomic E-state index is -0.416. The van der Waals surface area contributed by atoms with Crippen LogP contribution in [0, 0.1) is 6.92 Å². The monoisotopic (exact) mass is 161 g/mol. The molecule has 10 heavy (non-hydrogen) atoms. The van der Waals surface area contributed by atoms with Crippen molar-refractivity contribution in [1.82, 2.24) is 4.74 Å². The van der Waals surface area contributed by atoms with E-state index in [9.17, 15) is 4.79 Å². The van der Waals surface area contributed by atoms with Gasteiger partial charge in [0.1, 0.15) is 11.3 Å². The molecule has 0 radical (unpaired) electrons. The SMILES string of the molecule is Cc1cc(=O)n(C(C)Cl)o1. The fourth-order valence-electron chi connectivity index (χ4n) is 0.712. The highest BCUT2D eigenvalue weighted by Gasteiger charge is 2.05. The van der Waals surface area contributed by atoms with Crippen molar-refractivity contribution in [2.45, 2.75) is 19.3 Å². The van der Waals surface area contributed by atoms with Crippen LogP contribution < -0.4 is 5.56 Å². The maximum atomic E-state index is 10.9. The fraction of sp³-hybridized carbons (Fsp3) is 0.500. The highest BCUT2D eigenvalue weighted by molar-refractivity contribution is 6.18. The van der Waals surface area contributed by atoms with E-state index in [1.54, 1.807) is 13.8 Å². The fourth-order valence-corrected chi connectivity index (χ4v) is 0.848. The third-order valence-electron chi connectivity index (χ3n) is 1.11. The molecule has 4 heteroatoms. The third-order valence-corrected chi connectivity index (χ3v) is 1.29. The minimum Gasteiger partial charge on any atom is -0.380 e. The summed E-state index contributed by atoms with van der Waals surface area (Å²) in [6, 6.07) is 1.40. The zero-order chi connectivity index (χ0) is 7.72. The third kappa shape index (κ3) is 1.24. The van der Waals surface area contributed by atoms with Crippen LogP contribution in [-0.2, 0) is 0 Å². The number of nitrogens with zero attached hydrogens (tertiary/aromatic N) is 1. The smallest absolute Gasteiger partial charge is 0.284 e. The van der Waals surface area contributed by atoms with E-state index in [4.69, 9.17) is 16.1 Å². The lowest BCUT2D eigenvalue weighted by molar-refractivity contribution is 0.249. The van der Waals surface area contributed by atoms with E-state index < -0.39 is 5.50 Å². The lowest BCUT2D eigenvalue weighted by Crippen LogP contribution is -2.13. The molecule has 0 amide bonds. The van der Waals surface area contributed by atoms with Crippen LogP contribution in [0.1, 0.15) is 18.2 Å². The summed E-state index contributed by atoms with van der Waals surface area (Å²) in [5.74, 6) is 0.581. The molecule has 1 aromatic rings. The van der Waals surface area contributed by atoms with Gasteiger partial charge < -0.3 is 4.52 Å². The van der Waals surface area contributed by atoms with Gasteiger partial charge in [0.25, 0.3) is 5.56 Å². The van der Waals surface area contributed by atoms with Gasteiger partial charge in [-0.3, -0.25) is 4.79 Å². The Balaban J connectivity index is 3.16. The van der Waals surface area contributed by atoms with Gasteiger partial charge in [0.2, 0.25) is 0 Å². The predicted molar refractivity (Wildman–Crippen MR) is 38.3 cm³/mol. The summed E-state index contributed by atoms with van der Waals surface area (Å²) < 4.78 is 6.07. The molecule has 0 bridgehead atoms. The first-order chi connectivity index (χ1) is 4.61. The first-order valence-corrected chi connectivity index (χ1v) is 3.38. The van der Waals surface area contributed by atoms with Crippen LogP contribution in [0.3, 0.4) is 0 Å².